The first-order valence-corrected chi connectivity index (χ1v) is 5.10. The molecule has 0 unspecified atom stereocenters. The van der Waals surface area contributed by atoms with Gasteiger partial charge in [-0.05, 0) is 24.7 Å². The average Bonchev–Trinajstić information content (AvgIpc) is 2.63. The highest BCUT2D eigenvalue weighted by Gasteiger charge is 2.42. The molecule has 1 aliphatic rings. The lowest BCUT2D eigenvalue weighted by Gasteiger charge is -2.06. The first kappa shape index (κ1) is 8.93. The Balaban J connectivity index is 2.33. The van der Waals surface area contributed by atoms with Gasteiger partial charge >= 0.3 is 0 Å². The molecule has 1 fully saturated rings. The Labute approximate surface area is 65.4 Å². The molecule has 11 heavy (non-hydrogen) atoms. The maximum absolute atomic E-state index is 12.1. The normalized spacial score (nSPS) is 21.6. The van der Waals surface area contributed by atoms with Crippen molar-refractivity contribution in [2.75, 3.05) is 12.4 Å². The van der Waals surface area contributed by atoms with Crippen LogP contribution >= 0.6 is 0 Å². The van der Waals surface area contributed by atoms with Gasteiger partial charge in [0.2, 0.25) is 0 Å². The van der Waals surface area contributed by atoms with Gasteiger partial charge in [-0.3, -0.25) is 8.94 Å². The van der Waals surface area contributed by atoms with Gasteiger partial charge in [-0.1, -0.05) is 0 Å². The SMILES string of the molecule is O=S(=O)(O)CCC1(CF)CC1. The molecule has 0 atom stereocenters. The van der Waals surface area contributed by atoms with Crippen LogP contribution in [0.5, 0.6) is 0 Å². The second-order valence-corrected chi connectivity index (χ2v) is 4.74. The molecule has 0 aromatic rings. The van der Waals surface area contributed by atoms with E-state index in [1.807, 2.05) is 0 Å². The van der Waals surface area contributed by atoms with Crippen molar-refractivity contribution in [3.8, 4) is 0 Å². The lowest BCUT2D eigenvalue weighted by atomic mass is 10.1. The zero-order valence-corrected chi connectivity index (χ0v) is 6.90. The number of halogens is 1. The molecule has 0 radical (unpaired) electrons. The van der Waals surface area contributed by atoms with E-state index in [2.05, 4.69) is 0 Å². The van der Waals surface area contributed by atoms with E-state index in [1.54, 1.807) is 0 Å². The molecular formula is C6H11FO3S. The van der Waals surface area contributed by atoms with E-state index in [0.29, 0.717) is 0 Å². The molecule has 1 aliphatic carbocycles. The molecule has 0 aromatic heterocycles. The van der Waals surface area contributed by atoms with Crippen molar-refractivity contribution in [2.45, 2.75) is 19.3 Å². The number of rotatable bonds is 4. The molecule has 1 rings (SSSR count). The molecule has 0 heterocycles. The molecule has 1 N–H and O–H groups in total. The summed E-state index contributed by atoms with van der Waals surface area (Å²) in [4.78, 5) is 0. The molecule has 3 nitrogen and oxygen atoms in total. The van der Waals surface area contributed by atoms with Crippen molar-refractivity contribution < 1.29 is 17.4 Å². The van der Waals surface area contributed by atoms with Crippen molar-refractivity contribution in [3.63, 3.8) is 0 Å². The second-order valence-electron chi connectivity index (χ2n) is 3.17. The molecular weight excluding hydrogens is 171 g/mol. The third-order valence-electron chi connectivity index (χ3n) is 2.13. The first-order valence-electron chi connectivity index (χ1n) is 3.49. The predicted molar refractivity (Wildman–Crippen MR) is 38.7 cm³/mol. The quantitative estimate of drug-likeness (QED) is 0.660. The van der Waals surface area contributed by atoms with Crippen LogP contribution < -0.4 is 0 Å². The van der Waals surface area contributed by atoms with Crippen LogP contribution in [0.3, 0.4) is 0 Å². The van der Waals surface area contributed by atoms with Gasteiger partial charge in [0.05, 0.1) is 12.4 Å². The summed E-state index contributed by atoms with van der Waals surface area (Å²) in [5.41, 5.74) is -0.407. The number of hydrogen-bond acceptors (Lipinski definition) is 2. The van der Waals surface area contributed by atoms with Gasteiger partial charge < -0.3 is 0 Å². The molecule has 0 aliphatic heterocycles. The highest BCUT2D eigenvalue weighted by molar-refractivity contribution is 7.85. The van der Waals surface area contributed by atoms with E-state index in [-0.39, 0.29) is 12.2 Å². The van der Waals surface area contributed by atoms with Gasteiger partial charge in [0, 0.05) is 0 Å². The summed E-state index contributed by atoms with van der Waals surface area (Å²) < 4.78 is 41.0. The van der Waals surface area contributed by atoms with Crippen LogP contribution in [0.15, 0.2) is 0 Å². The maximum atomic E-state index is 12.1. The van der Waals surface area contributed by atoms with Gasteiger partial charge in [-0.2, -0.15) is 8.42 Å². The Bertz CT molecular complexity index is 230. The van der Waals surface area contributed by atoms with Crippen LogP contribution in [0.25, 0.3) is 0 Å². The number of alkyl halides is 1. The van der Waals surface area contributed by atoms with Crippen molar-refractivity contribution in [1.82, 2.24) is 0 Å². The van der Waals surface area contributed by atoms with Gasteiger partial charge in [0.1, 0.15) is 0 Å². The zero-order valence-electron chi connectivity index (χ0n) is 6.09. The predicted octanol–water partition coefficient (Wildman–Crippen LogP) is 1.01. The molecule has 0 spiro atoms. The van der Waals surface area contributed by atoms with E-state index in [4.69, 9.17) is 4.55 Å². The van der Waals surface area contributed by atoms with Gasteiger partial charge in [-0.25, -0.2) is 0 Å². The standard InChI is InChI=1S/C6H11FO3S/c7-5-6(1-2-6)3-4-11(8,9)10/h1-5H2,(H,8,9,10). The summed E-state index contributed by atoms with van der Waals surface area (Å²) in [6, 6.07) is 0. The van der Waals surface area contributed by atoms with Gasteiger partial charge in [0.25, 0.3) is 10.1 Å². The average molecular weight is 182 g/mol. The fourth-order valence-corrected chi connectivity index (χ4v) is 1.66. The third-order valence-corrected chi connectivity index (χ3v) is 2.85. The molecule has 0 saturated heterocycles. The van der Waals surface area contributed by atoms with Crippen LogP contribution in [0.1, 0.15) is 19.3 Å². The van der Waals surface area contributed by atoms with E-state index >= 15 is 0 Å². The van der Waals surface area contributed by atoms with Crippen LogP contribution in [-0.2, 0) is 10.1 Å². The van der Waals surface area contributed by atoms with Gasteiger partial charge in [0.15, 0.2) is 0 Å². The van der Waals surface area contributed by atoms with Crippen LogP contribution in [0, 0.1) is 5.41 Å². The largest absolute Gasteiger partial charge is 0.286 e. The molecule has 0 bridgehead atoms. The third kappa shape index (κ3) is 2.75. The molecule has 5 heteroatoms. The van der Waals surface area contributed by atoms with Crippen LogP contribution in [0.4, 0.5) is 4.39 Å². The molecule has 1 saturated carbocycles. The van der Waals surface area contributed by atoms with Crippen molar-refractivity contribution >= 4 is 10.1 Å². The Morgan fingerprint density at radius 3 is 2.27 bits per heavy atom. The van der Waals surface area contributed by atoms with Crippen molar-refractivity contribution in [3.05, 3.63) is 0 Å². The van der Waals surface area contributed by atoms with E-state index in [1.165, 1.54) is 0 Å². The second kappa shape index (κ2) is 2.71. The molecule has 0 amide bonds. The van der Waals surface area contributed by atoms with Crippen molar-refractivity contribution in [1.29, 1.82) is 0 Å². The zero-order chi connectivity index (χ0) is 8.54. The lowest BCUT2D eigenvalue weighted by molar-refractivity contribution is 0.331. The van der Waals surface area contributed by atoms with E-state index in [0.717, 1.165) is 12.8 Å². The summed E-state index contributed by atoms with van der Waals surface area (Å²) >= 11 is 0. The first-order chi connectivity index (χ1) is 4.97. The minimum absolute atomic E-state index is 0.252. The maximum Gasteiger partial charge on any atom is 0.264 e. The topological polar surface area (TPSA) is 54.4 Å². The van der Waals surface area contributed by atoms with E-state index < -0.39 is 22.2 Å². The Kier molecular flexibility index (Phi) is 2.20. The summed E-state index contributed by atoms with van der Waals surface area (Å²) in [5, 5.41) is 0. The Morgan fingerprint density at radius 1 is 1.45 bits per heavy atom. The Morgan fingerprint density at radius 2 is 2.00 bits per heavy atom. The fourth-order valence-electron chi connectivity index (χ4n) is 0.973. The monoisotopic (exact) mass is 182 g/mol. The van der Waals surface area contributed by atoms with Crippen molar-refractivity contribution in [2.24, 2.45) is 5.41 Å². The lowest BCUT2D eigenvalue weighted by Crippen LogP contribution is -2.12. The smallest absolute Gasteiger partial charge is 0.264 e. The van der Waals surface area contributed by atoms with E-state index in [9.17, 15) is 12.8 Å². The molecule has 66 valence electrons. The summed E-state index contributed by atoms with van der Waals surface area (Å²) in [7, 11) is -3.89. The summed E-state index contributed by atoms with van der Waals surface area (Å²) in [6.07, 6.45) is 1.75. The summed E-state index contributed by atoms with van der Waals surface area (Å²) in [6.45, 7) is -0.470. The van der Waals surface area contributed by atoms with Gasteiger partial charge in [-0.15, -0.1) is 0 Å². The minimum Gasteiger partial charge on any atom is -0.286 e. The highest BCUT2D eigenvalue weighted by atomic mass is 32.2. The minimum atomic E-state index is -3.89. The number of hydrogen-bond donors (Lipinski definition) is 1. The Hall–Kier alpha value is -0.160. The highest BCUT2D eigenvalue weighted by Crippen LogP contribution is 2.49. The summed E-state index contributed by atoms with van der Waals surface area (Å²) in [5.74, 6) is -0.309. The van der Waals surface area contributed by atoms with Crippen LogP contribution in [-0.4, -0.2) is 25.4 Å². The van der Waals surface area contributed by atoms with Crippen LogP contribution in [0.2, 0.25) is 0 Å². The fraction of sp³-hybridized carbons (Fsp3) is 1.00. The molecule has 0 aromatic carbocycles.